The molecular formula is C14H18BrN3O. The first kappa shape index (κ1) is 14.1. The van der Waals surface area contributed by atoms with Gasteiger partial charge in [-0.2, -0.15) is 5.10 Å². The maximum atomic E-state index is 5.94. The van der Waals surface area contributed by atoms with Gasteiger partial charge >= 0.3 is 0 Å². The lowest BCUT2D eigenvalue weighted by atomic mass is 10.1. The number of benzene rings is 1. The highest BCUT2D eigenvalue weighted by Crippen LogP contribution is 2.28. The normalized spacial score (nSPS) is 10.7. The summed E-state index contributed by atoms with van der Waals surface area (Å²) in [6, 6.07) is 6.11. The van der Waals surface area contributed by atoms with Crippen LogP contribution in [-0.2, 0) is 20.2 Å². The second-order valence-corrected chi connectivity index (χ2v) is 5.43. The molecule has 0 aliphatic carbocycles. The first-order chi connectivity index (χ1) is 9.10. The molecule has 0 saturated carbocycles. The molecule has 0 atom stereocenters. The van der Waals surface area contributed by atoms with Gasteiger partial charge in [0.1, 0.15) is 12.4 Å². The van der Waals surface area contributed by atoms with Gasteiger partial charge in [0.25, 0.3) is 0 Å². The summed E-state index contributed by atoms with van der Waals surface area (Å²) in [4.78, 5) is 0. The molecule has 0 unspecified atom stereocenters. The summed E-state index contributed by atoms with van der Waals surface area (Å²) in [5.41, 5.74) is 3.20. The Balaban J connectivity index is 2.18. The fraction of sp³-hybridized carbons (Fsp3) is 0.357. The topological polar surface area (TPSA) is 39.1 Å². The third-order valence-electron chi connectivity index (χ3n) is 2.82. The highest BCUT2D eigenvalue weighted by atomic mass is 79.9. The number of hydrogen-bond donors (Lipinski definition) is 1. The largest absolute Gasteiger partial charge is 0.487 e. The van der Waals surface area contributed by atoms with E-state index in [1.54, 1.807) is 4.68 Å². The van der Waals surface area contributed by atoms with Gasteiger partial charge in [0.05, 0.1) is 5.69 Å². The molecule has 19 heavy (non-hydrogen) atoms. The lowest BCUT2D eigenvalue weighted by Crippen LogP contribution is -2.09. The summed E-state index contributed by atoms with van der Waals surface area (Å²) >= 11 is 3.52. The van der Waals surface area contributed by atoms with Gasteiger partial charge in [-0.15, -0.1) is 0 Å². The molecule has 1 aromatic heterocycles. The van der Waals surface area contributed by atoms with E-state index in [-0.39, 0.29) is 0 Å². The molecule has 0 fully saturated rings. The molecule has 0 bridgehead atoms. The monoisotopic (exact) mass is 323 g/mol. The smallest absolute Gasteiger partial charge is 0.132 e. The number of aryl methyl sites for hydroxylation is 2. The number of nitrogens with one attached hydrogen (secondary N) is 1. The van der Waals surface area contributed by atoms with Gasteiger partial charge in [-0.25, -0.2) is 0 Å². The van der Waals surface area contributed by atoms with E-state index in [0.29, 0.717) is 6.61 Å². The summed E-state index contributed by atoms with van der Waals surface area (Å²) in [6.07, 6.45) is 1.92. The molecule has 4 nitrogen and oxygen atoms in total. The molecule has 0 aliphatic rings. The van der Waals surface area contributed by atoms with E-state index < -0.39 is 0 Å². The molecule has 0 amide bonds. The minimum absolute atomic E-state index is 0.486. The van der Waals surface area contributed by atoms with Gasteiger partial charge in [0.15, 0.2) is 0 Å². The first-order valence-electron chi connectivity index (χ1n) is 6.15. The van der Waals surface area contributed by atoms with E-state index in [1.807, 2.05) is 26.4 Å². The van der Waals surface area contributed by atoms with Gasteiger partial charge in [-0.05, 0) is 37.7 Å². The predicted molar refractivity (Wildman–Crippen MR) is 79.2 cm³/mol. The van der Waals surface area contributed by atoms with Crippen LogP contribution in [0.1, 0.15) is 16.8 Å². The minimum atomic E-state index is 0.486. The van der Waals surface area contributed by atoms with E-state index in [1.165, 1.54) is 0 Å². The summed E-state index contributed by atoms with van der Waals surface area (Å²) in [5.74, 6) is 0.934. The second-order valence-electron chi connectivity index (χ2n) is 4.51. The van der Waals surface area contributed by atoms with Crippen molar-refractivity contribution in [3.8, 4) is 5.75 Å². The SMILES string of the molecule is CNCc1cc(Br)cc(C)c1OCc1ccn(C)n1. The van der Waals surface area contributed by atoms with Gasteiger partial charge in [0, 0.05) is 29.8 Å². The highest BCUT2D eigenvalue weighted by Gasteiger charge is 2.09. The number of nitrogens with zero attached hydrogens (tertiary/aromatic N) is 2. The third kappa shape index (κ3) is 3.58. The van der Waals surface area contributed by atoms with Crippen molar-refractivity contribution in [1.29, 1.82) is 0 Å². The maximum Gasteiger partial charge on any atom is 0.132 e. The van der Waals surface area contributed by atoms with Crippen LogP contribution >= 0.6 is 15.9 Å². The Morgan fingerprint density at radius 2 is 2.21 bits per heavy atom. The summed E-state index contributed by atoms with van der Waals surface area (Å²) in [7, 11) is 3.83. The Bertz CT molecular complexity index is 566. The molecule has 0 radical (unpaired) electrons. The zero-order valence-corrected chi connectivity index (χ0v) is 13.0. The first-order valence-corrected chi connectivity index (χ1v) is 6.94. The molecule has 2 aromatic rings. The molecular weight excluding hydrogens is 306 g/mol. The highest BCUT2D eigenvalue weighted by molar-refractivity contribution is 9.10. The fourth-order valence-corrected chi connectivity index (χ4v) is 2.63. The molecule has 2 rings (SSSR count). The van der Waals surface area contributed by atoms with Crippen molar-refractivity contribution in [3.63, 3.8) is 0 Å². The molecule has 0 spiro atoms. The Hall–Kier alpha value is -1.33. The number of aromatic nitrogens is 2. The number of halogens is 1. The Labute approximate surface area is 121 Å². The molecule has 0 aliphatic heterocycles. The third-order valence-corrected chi connectivity index (χ3v) is 3.27. The fourth-order valence-electron chi connectivity index (χ4n) is 2.01. The van der Waals surface area contributed by atoms with Crippen LogP contribution in [0, 0.1) is 6.92 Å². The van der Waals surface area contributed by atoms with E-state index in [9.17, 15) is 0 Å². The molecule has 102 valence electrons. The van der Waals surface area contributed by atoms with E-state index in [4.69, 9.17) is 4.74 Å². The van der Waals surface area contributed by atoms with Gasteiger partial charge < -0.3 is 10.1 Å². The molecule has 5 heteroatoms. The standard InChI is InChI=1S/C14H18BrN3O/c1-10-6-12(15)7-11(8-16-2)14(10)19-9-13-4-5-18(3)17-13/h4-7,16H,8-9H2,1-3H3. The lowest BCUT2D eigenvalue weighted by Gasteiger charge is -2.14. The summed E-state index contributed by atoms with van der Waals surface area (Å²) in [5, 5.41) is 7.48. The van der Waals surface area contributed by atoms with Crippen LogP contribution in [0.15, 0.2) is 28.9 Å². The average molecular weight is 324 g/mol. The Morgan fingerprint density at radius 1 is 1.42 bits per heavy atom. The number of ether oxygens (including phenoxy) is 1. The summed E-state index contributed by atoms with van der Waals surface area (Å²) in [6.45, 7) is 3.32. The Kier molecular flexibility index (Phi) is 4.61. The van der Waals surface area contributed by atoms with Crippen LogP contribution in [0.3, 0.4) is 0 Å². The van der Waals surface area contributed by atoms with Crippen molar-refractivity contribution in [2.75, 3.05) is 7.05 Å². The lowest BCUT2D eigenvalue weighted by molar-refractivity contribution is 0.294. The Morgan fingerprint density at radius 3 is 2.84 bits per heavy atom. The van der Waals surface area contributed by atoms with E-state index in [2.05, 4.69) is 45.4 Å². The van der Waals surface area contributed by atoms with Crippen LogP contribution in [-0.4, -0.2) is 16.8 Å². The van der Waals surface area contributed by atoms with Crippen molar-refractivity contribution < 1.29 is 4.74 Å². The van der Waals surface area contributed by atoms with Crippen LogP contribution in [0.4, 0.5) is 0 Å². The summed E-state index contributed by atoms with van der Waals surface area (Å²) < 4.78 is 8.79. The molecule has 0 saturated heterocycles. The van der Waals surface area contributed by atoms with E-state index >= 15 is 0 Å². The van der Waals surface area contributed by atoms with Gasteiger partial charge in [0.2, 0.25) is 0 Å². The zero-order valence-electron chi connectivity index (χ0n) is 11.4. The van der Waals surface area contributed by atoms with Gasteiger partial charge in [-0.1, -0.05) is 15.9 Å². The van der Waals surface area contributed by atoms with Crippen molar-refractivity contribution in [3.05, 3.63) is 45.7 Å². The van der Waals surface area contributed by atoms with Crippen molar-refractivity contribution >= 4 is 15.9 Å². The zero-order chi connectivity index (χ0) is 13.8. The van der Waals surface area contributed by atoms with Crippen molar-refractivity contribution in [1.82, 2.24) is 15.1 Å². The minimum Gasteiger partial charge on any atom is -0.487 e. The number of hydrogen-bond acceptors (Lipinski definition) is 3. The average Bonchev–Trinajstić information content (AvgIpc) is 2.74. The molecule has 1 aromatic carbocycles. The van der Waals surface area contributed by atoms with Crippen LogP contribution in [0.25, 0.3) is 0 Å². The predicted octanol–water partition coefficient (Wildman–Crippen LogP) is 2.79. The van der Waals surface area contributed by atoms with Crippen molar-refractivity contribution in [2.45, 2.75) is 20.1 Å². The molecule has 1 N–H and O–H groups in total. The number of rotatable bonds is 5. The quantitative estimate of drug-likeness (QED) is 0.919. The maximum absolute atomic E-state index is 5.94. The van der Waals surface area contributed by atoms with E-state index in [0.717, 1.165) is 33.6 Å². The molecule has 1 heterocycles. The van der Waals surface area contributed by atoms with Crippen molar-refractivity contribution in [2.24, 2.45) is 7.05 Å². The van der Waals surface area contributed by atoms with Crippen LogP contribution < -0.4 is 10.1 Å². The van der Waals surface area contributed by atoms with Crippen LogP contribution in [0.5, 0.6) is 5.75 Å². The second kappa shape index (κ2) is 6.21. The van der Waals surface area contributed by atoms with Crippen LogP contribution in [0.2, 0.25) is 0 Å². The van der Waals surface area contributed by atoms with Gasteiger partial charge in [-0.3, -0.25) is 4.68 Å².